The third kappa shape index (κ3) is 4.77. The lowest BCUT2D eigenvalue weighted by Crippen LogP contribution is -2.40. The third-order valence-corrected chi connectivity index (χ3v) is 6.41. The van der Waals surface area contributed by atoms with E-state index in [9.17, 15) is 14.3 Å². The highest BCUT2D eigenvalue weighted by atomic mass is 32.2. The van der Waals surface area contributed by atoms with E-state index in [1.807, 2.05) is 6.92 Å². The van der Waals surface area contributed by atoms with Gasteiger partial charge < -0.3 is 9.84 Å². The van der Waals surface area contributed by atoms with Crippen LogP contribution in [0.4, 0.5) is 10.1 Å². The number of amides is 1. The van der Waals surface area contributed by atoms with Crippen molar-refractivity contribution < 1.29 is 19.0 Å². The quantitative estimate of drug-likeness (QED) is 0.591. The molecule has 31 heavy (non-hydrogen) atoms. The number of para-hydroxylation sites is 1. The second-order valence-corrected chi connectivity index (χ2v) is 8.59. The van der Waals surface area contributed by atoms with E-state index in [0.717, 1.165) is 31.2 Å². The Bertz CT molecular complexity index is 1030. The fraction of sp³-hybridized carbons (Fsp3) is 0.333. The van der Waals surface area contributed by atoms with Crippen LogP contribution in [-0.2, 0) is 4.79 Å². The Morgan fingerprint density at radius 1 is 1.23 bits per heavy atom. The molecule has 0 bridgehead atoms. The highest BCUT2D eigenvalue weighted by Crippen LogP contribution is 2.39. The SMILES string of the molecule is CCOc1cc(/C=C2\SC(=Nc3ccccc3F)N(C3CCCCC3)C2=O)ccc1O. The summed E-state index contributed by atoms with van der Waals surface area (Å²) in [7, 11) is 0. The average Bonchev–Trinajstić information content (AvgIpc) is 3.07. The molecule has 2 aliphatic rings. The number of rotatable bonds is 5. The van der Waals surface area contributed by atoms with Gasteiger partial charge >= 0.3 is 0 Å². The standard InChI is InChI=1S/C24H25FN2O3S/c1-2-30-21-14-16(12-13-20(21)28)15-22-23(29)27(17-8-4-3-5-9-17)24(31-22)26-19-11-7-6-10-18(19)25/h6-7,10-15,17,28H,2-5,8-9H2,1H3/b22-15-,26-24?. The summed E-state index contributed by atoms with van der Waals surface area (Å²) in [5, 5.41) is 10.5. The smallest absolute Gasteiger partial charge is 0.267 e. The summed E-state index contributed by atoms with van der Waals surface area (Å²) in [6.07, 6.45) is 6.92. The number of ether oxygens (including phenoxy) is 1. The topological polar surface area (TPSA) is 62.1 Å². The van der Waals surface area contributed by atoms with Gasteiger partial charge in [0, 0.05) is 6.04 Å². The maximum Gasteiger partial charge on any atom is 0.267 e. The van der Waals surface area contributed by atoms with Crippen LogP contribution >= 0.6 is 11.8 Å². The molecule has 0 radical (unpaired) electrons. The van der Waals surface area contributed by atoms with Gasteiger partial charge in [-0.15, -0.1) is 0 Å². The van der Waals surface area contributed by atoms with Crippen LogP contribution in [0.25, 0.3) is 6.08 Å². The van der Waals surface area contributed by atoms with Gasteiger partial charge in [-0.1, -0.05) is 37.5 Å². The van der Waals surface area contributed by atoms with E-state index in [1.54, 1.807) is 47.4 Å². The van der Waals surface area contributed by atoms with Crippen molar-refractivity contribution in [3.8, 4) is 11.5 Å². The summed E-state index contributed by atoms with van der Waals surface area (Å²) in [5.74, 6) is -0.0984. The fourth-order valence-electron chi connectivity index (χ4n) is 3.91. The van der Waals surface area contributed by atoms with Crippen molar-refractivity contribution in [1.29, 1.82) is 0 Å². The van der Waals surface area contributed by atoms with Crippen molar-refractivity contribution >= 4 is 34.6 Å². The van der Waals surface area contributed by atoms with E-state index in [-0.39, 0.29) is 23.4 Å². The summed E-state index contributed by atoms with van der Waals surface area (Å²) in [6, 6.07) is 11.4. The minimum atomic E-state index is -0.413. The van der Waals surface area contributed by atoms with E-state index in [1.165, 1.54) is 24.2 Å². The van der Waals surface area contributed by atoms with Gasteiger partial charge in [0.2, 0.25) is 0 Å². The van der Waals surface area contributed by atoms with Crippen LogP contribution in [0.2, 0.25) is 0 Å². The molecule has 0 unspecified atom stereocenters. The number of benzene rings is 2. The summed E-state index contributed by atoms with van der Waals surface area (Å²) >= 11 is 1.26. The van der Waals surface area contributed by atoms with E-state index in [0.29, 0.717) is 22.4 Å². The molecule has 0 atom stereocenters. The molecule has 1 aliphatic heterocycles. The van der Waals surface area contributed by atoms with Crippen LogP contribution in [-0.4, -0.2) is 33.7 Å². The Labute approximate surface area is 185 Å². The number of aliphatic imine (C=N–C) groups is 1. The molecule has 0 aromatic heterocycles. The summed E-state index contributed by atoms with van der Waals surface area (Å²) < 4.78 is 19.7. The van der Waals surface area contributed by atoms with Gasteiger partial charge in [0.25, 0.3) is 5.91 Å². The molecule has 1 saturated carbocycles. The second kappa shape index (κ2) is 9.56. The van der Waals surface area contributed by atoms with Crippen LogP contribution in [0, 0.1) is 5.82 Å². The van der Waals surface area contributed by atoms with E-state index < -0.39 is 5.82 Å². The number of carbonyl (C=O) groups excluding carboxylic acids is 1. The lowest BCUT2D eigenvalue weighted by Gasteiger charge is -2.30. The maximum absolute atomic E-state index is 14.2. The van der Waals surface area contributed by atoms with E-state index in [2.05, 4.69) is 4.99 Å². The van der Waals surface area contributed by atoms with Gasteiger partial charge in [-0.05, 0) is 67.4 Å². The molecule has 0 spiro atoms. The molecule has 162 valence electrons. The van der Waals surface area contributed by atoms with Crippen molar-refractivity contribution in [1.82, 2.24) is 4.90 Å². The highest BCUT2D eigenvalue weighted by molar-refractivity contribution is 8.18. The van der Waals surface area contributed by atoms with Gasteiger partial charge in [0.1, 0.15) is 11.5 Å². The molecular formula is C24H25FN2O3S. The molecule has 7 heteroatoms. The maximum atomic E-state index is 14.2. The van der Waals surface area contributed by atoms with Gasteiger partial charge in [-0.3, -0.25) is 9.69 Å². The van der Waals surface area contributed by atoms with Crippen LogP contribution in [0.15, 0.2) is 52.4 Å². The van der Waals surface area contributed by atoms with Crippen molar-refractivity contribution in [2.24, 2.45) is 4.99 Å². The number of amidine groups is 1. The first-order valence-electron chi connectivity index (χ1n) is 10.6. The second-order valence-electron chi connectivity index (χ2n) is 7.58. The molecule has 4 rings (SSSR count). The number of phenols is 1. The molecule has 1 heterocycles. The van der Waals surface area contributed by atoms with E-state index >= 15 is 0 Å². The number of hydrogen-bond donors (Lipinski definition) is 1. The first-order chi connectivity index (χ1) is 15.1. The molecule has 1 saturated heterocycles. The molecule has 5 nitrogen and oxygen atoms in total. The summed E-state index contributed by atoms with van der Waals surface area (Å²) in [4.78, 5) is 20.1. The number of aromatic hydroxyl groups is 1. The molecular weight excluding hydrogens is 415 g/mol. The minimum absolute atomic E-state index is 0.0556. The zero-order valence-corrected chi connectivity index (χ0v) is 18.2. The molecule has 1 aliphatic carbocycles. The van der Waals surface area contributed by atoms with Crippen molar-refractivity contribution in [3.05, 3.63) is 58.8 Å². The first kappa shape index (κ1) is 21.4. The lowest BCUT2D eigenvalue weighted by atomic mass is 9.94. The average molecular weight is 441 g/mol. The Balaban J connectivity index is 1.70. The Morgan fingerprint density at radius 3 is 2.74 bits per heavy atom. The van der Waals surface area contributed by atoms with Crippen molar-refractivity contribution in [2.75, 3.05) is 6.61 Å². The van der Waals surface area contributed by atoms with Gasteiger partial charge in [0.15, 0.2) is 16.7 Å². The van der Waals surface area contributed by atoms with Gasteiger partial charge in [0.05, 0.1) is 11.5 Å². The number of phenolic OH excluding ortho intramolecular Hbond substituents is 1. The lowest BCUT2D eigenvalue weighted by molar-refractivity contribution is -0.124. The molecule has 1 amide bonds. The summed E-state index contributed by atoms with van der Waals surface area (Å²) in [6.45, 7) is 2.27. The fourth-order valence-corrected chi connectivity index (χ4v) is 4.97. The minimum Gasteiger partial charge on any atom is -0.504 e. The number of thioether (sulfide) groups is 1. The van der Waals surface area contributed by atoms with Crippen LogP contribution in [0.5, 0.6) is 11.5 Å². The van der Waals surface area contributed by atoms with Crippen LogP contribution in [0.1, 0.15) is 44.6 Å². The van der Waals surface area contributed by atoms with Crippen molar-refractivity contribution in [2.45, 2.75) is 45.1 Å². The monoisotopic (exact) mass is 440 g/mol. The third-order valence-electron chi connectivity index (χ3n) is 5.43. The normalized spacial score (nSPS) is 20.1. The summed E-state index contributed by atoms with van der Waals surface area (Å²) in [5.41, 5.74) is 0.968. The highest BCUT2D eigenvalue weighted by Gasteiger charge is 2.38. The predicted molar refractivity (Wildman–Crippen MR) is 122 cm³/mol. The Hall–Kier alpha value is -2.80. The predicted octanol–water partition coefficient (Wildman–Crippen LogP) is 5.87. The molecule has 2 aromatic rings. The largest absolute Gasteiger partial charge is 0.504 e. The van der Waals surface area contributed by atoms with Gasteiger partial charge in [-0.2, -0.15) is 0 Å². The first-order valence-corrected chi connectivity index (χ1v) is 11.4. The molecule has 2 aromatic carbocycles. The number of carbonyl (C=O) groups is 1. The van der Waals surface area contributed by atoms with Crippen LogP contribution < -0.4 is 4.74 Å². The number of hydrogen-bond acceptors (Lipinski definition) is 5. The Kier molecular flexibility index (Phi) is 6.61. The number of halogens is 1. The number of nitrogens with zero attached hydrogens (tertiary/aromatic N) is 2. The van der Waals surface area contributed by atoms with Gasteiger partial charge in [-0.25, -0.2) is 9.38 Å². The Morgan fingerprint density at radius 2 is 2.00 bits per heavy atom. The van der Waals surface area contributed by atoms with E-state index in [4.69, 9.17) is 4.74 Å². The molecule has 1 N–H and O–H groups in total. The zero-order chi connectivity index (χ0) is 21.8. The zero-order valence-electron chi connectivity index (χ0n) is 17.4. The molecule has 2 fully saturated rings. The van der Waals surface area contributed by atoms with Crippen LogP contribution in [0.3, 0.4) is 0 Å². The van der Waals surface area contributed by atoms with Crippen molar-refractivity contribution in [3.63, 3.8) is 0 Å².